The Morgan fingerprint density at radius 1 is 1.29 bits per heavy atom. The van der Waals surface area contributed by atoms with Crippen molar-refractivity contribution in [3.05, 3.63) is 28.8 Å². The lowest BCUT2D eigenvalue weighted by Gasteiger charge is -2.40. The van der Waals surface area contributed by atoms with Crippen molar-refractivity contribution >= 4 is 5.69 Å². The van der Waals surface area contributed by atoms with Gasteiger partial charge in [-0.25, -0.2) is 0 Å². The number of nitrogens with two attached hydrogens (primary N) is 1. The van der Waals surface area contributed by atoms with E-state index in [2.05, 4.69) is 30.9 Å². The van der Waals surface area contributed by atoms with Gasteiger partial charge < -0.3 is 5.73 Å². The molecule has 1 heterocycles. The molecule has 3 rings (SSSR count). The highest BCUT2D eigenvalue weighted by atomic mass is 15.2. The normalized spacial score (nSPS) is 23.8. The van der Waals surface area contributed by atoms with Gasteiger partial charge in [-0.05, 0) is 67.9 Å². The van der Waals surface area contributed by atoms with E-state index in [0.717, 1.165) is 18.2 Å². The smallest absolute Gasteiger partial charge is 0.0320 e. The predicted molar refractivity (Wildman–Crippen MR) is 72.1 cm³/mol. The van der Waals surface area contributed by atoms with Gasteiger partial charge in [0.15, 0.2) is 0 Å². The van der Waals surface area contributed by atoms with Gasteiger partial charge >= 0.3 is 0 Å². The molecule has 2 N–H and O–H groups in total. The summed E-state index contributed by atoms with van der Waals surface area (Å²) in [5, 5.41) is 0. The second kappa shape index (κ2) is 4.02. The lowest BCUT2D eigenvalue weighted by Crippen LogP contribution is -2.39. The van der Waals surface area contributed by atoms with E-state index in [-0.39, 0.29) is 0 Å². The summed E-state index contributed by atoms with van der Waals surface area (Å²) in [6.07, 6.45) is 3.91. The highest BCUT2D eigenvalue weighted by Crippen LogP contribution is 2.40. The molecule has 1 unspecified atom stereocenters. The van der Waals surface area contributed by atoms with Crippen molar-refractivity contribution in [2.75, 3.05) is 12.3 Å². The number of hydrogen-bond acceptors (Lipinski definition) is 2. The first-order chi connectivity index (χ1) is 8.15. The van der Waals surface area contributed by atoms with Crippen LogP contribution in [0.5, 0.6) is 0 Å². The fourth-order valence-electron chi connectivity index (χ4n) is 3.49. The number of anilines is 1. The summed E-state index contributed by atoms with van der Waals surface area (Å²) >= 11 is 0. The van der Waals surface area contributed by atoms with Crippen LogP contribution in [-0.4, -0.2) is 17.5 Å². The van der Waals surface area contributed by atoms with E-state index in [4.69, 9.17) is 5.73 Å². The average Bonchev–Trinajstić information content (AvgIpc) is 2.28. The third kappa shape index (κ3) is 1.85. The molecule has 0 saturated carbocycles. The third-order valence-electron chi connectivity index (χ3n) is 4.34. The second-order valence-electron chi connectivity index (χ2n) is 5.87. The molecular weight excluding hydrogens is 208 g/mol. The molecule has 1 aliphatic heterocycles. The van der Waals surface area contributed by atoms with Gasteiger partial charge in [0, 0.05) is 24.8 Å². The Labute approximate surface area is 104 Å². The van der Waals surface area contributed by atoms with Gasteiger partial charge in [-0.15, -0.1) is 0 Å². The zero-order chi connectivity index (χ0) is 12.0. The maximum absolute atomic E-state index is 6.03. The van der Waals surface area contributed by atoms with Crippen molar-refractivity contribution in [1.82, 2.24) is 4.90 Å². The van der Waals surface area contributed by atoms with E-state index in [1.165, 1.54) is 36.9 Å². The minimum atomic E-state index is 0.634. The summed E-state index contributed by atoms with van der Waals surface area (Å²) in [4.78, 5) is 2.58. The highest BCUT2D eigenvalue weighted by Gasteiger charge is 2.30. The number of hydrogen-bond donors (Lipinski definition) is 1. The summed E-state index contributed by atoms with van der Waals surface area (Å²) in [6, 6.07) is 5.04. The van der Waals surface area contributed by atoms with E-state index in [0.29, 0.717) is 6.04 Å². The van der Waals surface area contributed by atoms with Gasteiger partial charge in [0.05, 0.1) is 0 Å². The Hall–Kier alpha value is -1.02. The summed E-state index contributed by atoms with van der Waals surface area (Å²) in [5.41, 5.74) is 11.6. The van der Waals surface area contributed by atoms with Crippen LogP contribution in [0, 0.1) is 0 Å². The first-order valence-corrected chi connectivity index (χ1v) is 6.80. The topological polar surface area (TPSA) is 29.3 Å². The Balaban J connectivity index is 2.06. The van der Waals surface area contributed by atoms with E-state index in [9.17, 15) is 0 Å². The number of nitrogens with zero attached hydrogens (tertiary/aromatic N) is 1. The van der Waals surface area contributed by atoms with E-state index in [1.807, 2.05) is 0 Å². The molecule has 92 valence electrons. The van der Waals surface area contributed by atoms with Crippen LogP contribution in [-0.2, 0) is 13.0 Å². The largest absolute Gasteiger partial charge is 0.399 e. The molecule has 1 aliphatic carbocycles. The van der Waals surface area contributed by atoms with Crippen molar-refractivity contribution in [3.8, 4) is 0 Å². The number of rotatable bonds is 1. The fourth-order valence-corrected chi connectivity index (χ4v) is 3.49. The summed E-state index contributed by atoms with van der Waals surface area (Å²) < 4.78 is 0. The Morgan fingerprint density at radius 2 is 2.06 bits per heavy atom. The van der Waals surface area contributed by atoms with Gasteiger partial charge in [0.2, 0.25) is 0 Å². The van der Waals surface area contributed by atoms with Crippen LogP contribution < -0.4 is 5.73 Å². The van der Waals surface area contributed by atoms with Gasteiger partial charge in [-0.1, -0.05) is 0 Å². The van der Waals surface area contributed by atoms with Crippen LogP contribution in [0.15, 0.2) is 12.1 Å². The predicted octanol–water partition coefficient (Wildman–Crippen LogP) is 2.91. The molecule has 0 saturated heterocycles. The minimum Gasteiger partial charge on any atom is -0.399 e. The van der Waals surface area contributed by atoms with Gasteiger partial charge in [0.1, 0.15) is 0 Å². The fraction of sp³-hybridized carbons (Fsp3) is 0.600. The molecule has 2 nitrogen and oxygen atoms in total. The minimum absolute atomic E-state index is 0.634. The monoisotopic (exact) mass is 230 g/mol. The molecule has 2 aliphatic rings. The summed E-state index contributed by atoms with van der Waals surface area (Å²) in [5.74, 6) is 0.755. The first kappa shape index (κ1) is 11.1. The molecule has 17 heavy (non-hydrogen) atoms. The van der Waals surface area contributed by atoms with Crippen molar-refractivity contribution in [2.45, 2.75) is 51.6 Å². The molecule has 0 aromatic heterocycles. The van der Waals surface area contributed by atoms with Gasteiger partial charge in [0.25, 0.3) is 0 Å². The lowest BCUT2D eigenvalue weighted by molar-refractivity contribution is 0.176. The summed E-state index contributed by atoms with van der Waals surface area (Å²) in [6.45, 7) is 6.91. The first-order valence-electron chi connectivity index (χ1n) is 6.80. The Bertz CT molecular complexity index is 437. The standard InChI is InChI=1S/C15H22N2/c1-10(2)17-8-12-5-3-4-11-6-14(16)7-13(9-17)15(11)12/h6-7,10,12H,3-5,8-9,16H2,1-2H3. The quantitative estimate of drug-likeness (QED) is 0.752. The maximum Gasteiger partial charge on any atom is 0.0320 e. The Kier molecular flexibility index (Phi) is 2.62. The molecule has 0 radical (unpaired) electrons. The van der Waals surface area contributed by atoms with Crippen LogP contribution in [0.1, 0.15) is 49.3 Å². The average molecular weight is 230 g/mol. The van der Waals surface area contributed by atoms with Crippen molar-refractivity contribution in [1.29, 1.82) is 0 Å². The zero-order valence-electron chi connectivity index (χ0n) is 10.9. The van der Waals surface area contributed by atoms with Gasteiger partial charge in [-0.2, -0.15) is 0 Å². The summed E-state index contributed by atoms with van der Waals surface area (Å²) in [7, 11) is 0. The zero-order valence-corrected chi connectivity index (χ0v) is 10.9. The molecule has 1 aromatic carbocycles. The molecule has 0 spiro atoms. The molecule has 1 aromatic rings. The molecule has 2 heteroatoms. The second-order valence-corrected chi connectivity index (χ2v) is 5.87. The van der Waals surface area contributed by atoms with Crippen LogP contribution in [0.2, 0.25) is 0 Å². The lowest BCUT2D eigenvalue weighted by atomic mass is 9.77. The molecular formula is C15H22N2. The van der Waals surface area contributed by atoms with E-state index < -0.39 is 0 Å². The van der Waals surface area contributed by atoms with Crippen molar-refractivity contribution in [2.24, 2.45) is 0 Å². The highest BCUT2D eigenvalue weighted by molar-refractivity contribution is 5.52. The third-order valence-corrected chi connectivity index (χ3v) is 4.34. The number of benzene rings is 1. The number of aryl methyl sites for hydroxylation is 1. The molecule has 0 bridgehead atoms. The van der Waals surface area contributed by atoms with Crippen molar-refractivity contribution in [3.63, 3.8) is 0 Å². The van der Waals surface area contributed by atoms with Gasteiger partial charge in [-0.3, -0.25) is 4.90 Å². The van der Waals surface area contributed by atoms with E-state index >= 15 is 0 Å². The maximum atomic E-state index is 6.03. The van der Waals surface area contributed by atoms with Crippen LogP contribution in [0.25, 0.3) is 0 Å². The van der Waals surface area contributed by atoms with Crippen LogP contribution in [0.3, 0.4) is 0 Å². The molecule has 0 amide bonds. The Morgan fingerprint density at radius 3 is 2.82 bits per heavy atom. The SMILES string of the molecule is CC(C)N1Cc2cc(N)cc3c2C(CCC3)C1. The molecule has 1 atom stereocenters. The number of nitrogen functional groups attached to an aromatic ring is 1. The molecule has 0 fully saturated rings. The van der Waals surface area contributed by atoms with Crippen LogP contribution in [0.4, 0.5) is 5.69 Å². The van der Waals surface area contributed by atoms with Crippen LogP contribution >= 0.6 is 0 Å². The van der Waals surface area contributed by atoms with Crippen molar-refractivity contribution < 1.29 is 0 Å². The van der Waals surface area contributed by atoms with E-state index in [1.54, 1.807) is 5.56 Å².